The van der Waals surface area contributed by atoms with Crippen molar-refractivity contribution in [2.75, 3.05) is 25.9 Å². The third kappa shape index (κ3) is 15.4. The van der Waals surface area contributed by atoms with Crippen LogP contribution in [0.4, 0.5) is 0 Å². The molecular weight excluding hydrogens is 324 g/mol. The standard InChI is InChI=1S/C18H40N2O3S/c1-4-6-7-8-9-10-11-12-13-14-15-20(3,19)16-18(5-2)17-24(21,22)23/h18H,4-17,19H2,1-3H3/p+1. The summed E-state index contributed by atoms with van der Waals surface area (Å²) < 4.78 is 31.4. The van der Waals surface area contributed by atoms with Gasteiger partial charge in [0.15, 0.2) is 0 Å². The Bertz CT molecular complexity index is 397. The maximum Gasteiger partial charge on any atom is 0.265 e. The van der Waals surface area contributed by atoms with E-state index in [-0.39, 0.29) is 11.7 Å². The summed E-state index contributed by atoms with van der Waals surface area (Å²) in [6.45, 7) is 5.64. The third-order valence-corrected chi connectivity index (χ3v) is 5.61. The van der Waals surface area contributed by atoms with Gasteiger partial charge in [0.25, 0.3) is 10.1 Å². The Balaban J connectivity index is 3.76. The van der Waals surface area contributed by atoms with Crippen LogP contribution in [-0.4, -0.2) is 43.5 Å². The highest BCUT2D eigenvalue weighted by Gasteiger charge is 2.25. The lowest BCUT2D eigenvalue weighted by Gasteiger charge is -2.31. The minimum atomic E-state index is -3.92. The van der Waals surface area contributed by atoms with Crippen LogP contribution in [0.3, 0.4) is 0 Å². The zero-order valence-electron chi connectivity index (χ0n) is 16.2. The van der Waals surface area contributed by atoms with E-state index in [0.717, 1.165) is 13.0 Å². The normalized spacial score (nSPS) is 16.0. The molecule has 0 spiro atoms. The Morgan fingerprint density at radius 1 is 0.917 bits per heavy atom. The molecule has 0 bridgehead atoms. The van der Waals surface area contributed by atoms with Crippen LogP contribution in [0.15, 0.2) is 0 Å². The zero-order valence-corrected chi connectivity index (χ0v) is 17.0. The van der Waals surface area contributed by atoms with Crippen LogP contribution in [-0.2, 0) is 10.1 Å². The minimum Gasteiger partial charge on any atom is -0.286 e. The van der Waals surface area contributed by atoms with Gasteiger partial charge in [-0.3, -0.25) is 9.14 Å². The molecule has 2 unspecified atom stereocenters. The summed E-state index contributed by atoms with van der Waals surface area (Å²) in [7, 11) is -1.97. The summed E-state index contributed by atoms with van der Waals surface area (Å²) >= 11 is 0. The Hall–Kier alpha value is -0.170. The second-order valence-electron chi connectivity index (χ2n) is 7.59. The molecule has 5 nitrogen and oxygen atoms in total. The van der Waals surface area contributed by atoms with Crippen molar-refractivity contribution in [2.45, 2.75) is 84.5 Å². The first-order chi connectivity index (χ1) is 11.2. The smallest absolute Gasteiger partial charge is 0.265 e. The van der Waals surface area contributed by atoms with Crippen LogP contribution in [0.1, 0.15) is 84.5 Å². The van der Waals surface area contributed by atoms with Gasteiger partial charge in [0, 0.05) is 5.92 Å². The van der Waals surface area contributed by atoms with Crippen molar-refractivity contribution in [1.82, 2.24) is 0 Å². The summed E-state index contributed by atoms with van der Waals surface area (Å²) in [6, 6.07) is 0. The fourth-order valence-electron chi connectivity index (χ4n) is 3.24. The highest BCUT2D eigenvalue weighted by atomic mass is 32.2. The molecule has 6 heteroatoms. The molecule has 0 fully saturated rings. The van der Waals surface area contributed by atoms with Gasteiger partial charge in [0.2, 0.25) is 0 Å². The van der Waals surface area contributed by atoms with E-state index in [1.54, 1.807) is 0 Å². The number of unbranched alkanes of at least 4 members (excludes halogenated alkanes) is 9. The van der Waals surface area contributed by atoms with Crippen molar-refractivity contribution in [3.63, 3.8) is 0 Å². The quantitative estimate of drug-likeness (QED) is 0.142. The number of quaternary nitrogens is 1. The fraction of sp³-hybridized carbons (Fsp3) is 1.00. The third-order valence-electron chi connectivity index (χ3n) is 4.72. The highest BCUT2D eigenvalue weighted by Crippen LogP contribution is 2.14. The Kier molecular flexibility index (Phi) is 13.0. The van der Waals surface area contributed by atoms with E-state index >= 15 is 0 Å². The molecular formula is C18H41N2O3S+. The Morgan fingerprint density at radius 2 is 1.38 bits per heavy atom. The van der Waals surface area contributed by atoms with Crippen molar-refractivity contribution < 1.29 is 17.6 Å². The van der Waals surface area contributed by atoms with Crippen molar-refractivity contribution in [2.24, 2.45) is 11.8 Å². The van der Waals surface area contributed by atoms with Crippen molar-refractivity contribution in [3.8, 4) is 0 Å². The maximum absolute atomic E-state index is 11.0. The second kappa shape index (κ2) is 13.1. The van der Waals surface area contributed by atoms with Gasteiger partial charge in [-0.1, -0.05) is 65.2 Å². The molecule has 2 atom stereocenters. The summed E-state index contributed by atoms with van der Waals surface area (Å²) in [4.78, 5) is 0. The topological polar surface area (TPSA) is 80.4 Å². The molecule has 0 heterocycles. The van der Waals surface area contributed by atoms with Crippen molar-refractivity contribution in [3.05, 3.63) is 0 Å². The van der Waals surface area contributed by atoms with Crippen LogP contribution in [0.25, 0.3) is 0 Å². The molecule has 0 amide bonds. The molecule has 0 aromatic rings. The van der Waals surface area contributed by atoms with E-state index in [2.05, 4.69) is 6.92 Å². The predicted molar refractivity (Wildman–Crippen MR) is 102 cm³/mol. The Morgan fingerprint density at radius 3 is 1.79 bits per heavy atom. The van der Waals surface area contributed by atoms with Crippen LogP contribution >= 0.6 is 0 Å². The van der Waals surface area contributed by atoms with Gasteiger partial charge in [-0.25, -0.2) is 0 Å². The van der Waals surface area contributed by atoms with E-state index in [1.165, 1.54) is 57.8 Å². The minimum absolute atomic E-state index is 0.0851. The number of nitrogens with zero attached hydrogens (tertiary/aromatic N) is 1. The van der Waals surface area contributed by atoms with E-state index < -0.39 is 10.1 Å². The van der Waals surface area contributed by atoms with Gasteiger partial charge in [0.1, 0.15) is 0 Å². The molecule has 0 aromatic carbocycles. The largest absolute Gasteiger partial charge is 0.286 e. The number of rotatable bonds is 16. The van der Waals surface area contributed by atoms with E-state index in [4.69, 9.17) is 10.4 Å². The lowest BCUT2D eigenvalue weighted by Crippen LogP contribution is -2.54. The van der Waals surface area contributed by atoms with Crippen LogP contribution in [0.5, 0.6) is 0 Å². The van der Waals surface area contributed by atoms with Crippen LogP contribution in [0, 0.1) is 5.92 Å². The molecule has 146 valence electrons. The summed E-state index contributed by atoms with van der Waals surface area (Å²) in [5, 5.41) is 0. The molecule has 0 radical (unpaired) electrons. The molecule has 0 aliphatic rings. The van der Waals surface area contributed by atoms with E-state index in [0.29, 0.717) is 17.6 Å². The fourth-order valence-corrected chi connectivity index (χ4v) is 4.18. The lowest BCUT2D eigenvalue weighted by molar-refractivity contribution is -0.924. The summed E-state index contributed by atoms with van der Waals surface area (Å²) in [5.41, 5.74) is 0. The first kappa shape index (κ1) is 23.8. The molecule has 0 saturated carbocycles. The molecule has 24 heavy (non-hydrogen) atoms. The molecule has 0 aliphatic carbocycles. The van der Waals surface area contributed by atoms with Gasteiger partial charge in [0.05, 0.1) is 25.9 Å². The van der Waals surface area contributed by atoms with Crippen molar-refractivity contribution in [1.29, 1.82) is 0 Å². The molecule has 3 N–H and O–H groups in total. The average Bonchev–Trinajstić information content (AvgIpc) is 2.46. The van der Waals surface area contributed by atoms with Crippen molar-refractivity contribution >= 4 is 10.1 Å². The van der Waals surface area contributed by atoms with Gasteiger partial charge < -0.3 is 0 Å². The molecule has 0 aliphatic heterocycles. The average molecular weight is 366 g/mol. The van der Waals surface area contributed by atoms with Gasteiger partial charge in [-0.2, -0.15) is 14.3 Å². The van der Waals surface area contributed by atoms with Gasteiger partial charge in [-0.05, 0) is 19.3 Å². The van der Waals surface area contributed by atoms with Gasteiger partial charge in [-0.15, -0.1) is 0 Å². The number of hydrogen-bond acceptors (Lipinski definition) is 3. The molecule has 0 aromatic heterocycles. The van der Waals surface area contributed by atoms with E-state index in [1.807, 2.05) is 14.0 Å². The van der Waals surface area contributed by atoms with E-state index in [9.17, 15) is 8.42 Å². The first-order valence-electron chi connectivity index (χ1n) is 9.78. The second-order valence-corrected chi connectivity index (χ2v) is 9.09. The SMILES string of the molecule is CCCCCCCCCCCC[N+](C)(N)CC(CC)CS(=O)(=O)O. The number of hydrogen-bond donors (Lipinski definition) is 2. The maximum atomic E-state index is 11.0. The Labute approximate surface area is 150 Å². The first-order valence-corrected chi connectivity index (χ1v) is 11.4. The van der Waals surface area contributed by atoms with Crippen LogP contribution in [0.2, 0.25) is 0 Å². The zero-order chi connectivity index (χ0) is 18.5. The molecule has 0 rings (SSSR count). The highest BCUT2D eigenvalue weighted by molar-refractivity contribution is 7.85. The summed E-state index contributed by atoms with van der Waals surface area (Å²) in [5.74, 6) is 6.01. The monoisotopic (exact) mass is 365 g/mol. The lowest BCUT2D eigenvalue weighted by atomic mass is 10.1. The van der Waals surface area contributed by atoms with Crippen LogP contribution < -0.4 is 5.84 Å². The molecule has 0 saturated heterocycles. The van der Waals surface area contributed by atoms with Gasteiger partial charge >= 0.3 is 0 Å². The predicted octanol–water partition coefficient (Wildman–Crippen LogP) is 4.14. The summed E-state index contributed by atoms with van der Waals surface area (Å²) in [6.07, 6.45) is 13.7. The number of nitrogens with two attached hydrogens (primary N) is 1.